The van der Waals surface area contributed by atoms with Crippen molar-refractivity contribution in [2.75, 3.05) is 12.0 Å². The molecule has 1 amide bonds. The number of hydrazine groups is 1. The second-order valence-electron chi connectivity index (χ2n) is 6.60. The number of pyridine rings is 1. The zero-order chi connectivity index (χ0) is 24.1. The number of aromatic nitrogens is 3. The first-order chi connectivity index (χ1) is 16.4. The van der Waals surface area contributed by atoms with Crippen LogP contribution in [0.5, 0.6) is 17.4 Å². The number of benzene rings is 2. The molecule has 0 saturated carbocycles. The van der Waals surface area contributed by atoms with Crippen LogP contribution >= 0.6 is 23.2 Å². The number of rotatable bonds is 8. The van der Waals surface area contributed by atoms with Crippen molar-refractivity contribution < 1.29 is 19.2 Å². The lowest BCUT2D eigenvalue weighted by molar-refractivity contribution is -0.385. The topological polar surface area (TPSA) is 141 Å². The monoisotopic (exact) mass is 500 g/mol. The van der Waals surface area contributed by atoms with E-state index in [1.54, 1.807) is 30.5 Å². The number of para-hydroxylation sites is 1. The van der Waals surface area contributed by atoms with Gasteiger partial charge in [-0.2, -0.15) is 4.98 Å². The fourth-order valence-corrected chi connectivity index (χ4v) is 3.32. The lowest BCUT2D eigenvalue weighted by Gasteiger charge is -2.12. The van der Waals surface area contributed by atoms with Gasteiger partial charge >= 0.3 is 11.6 Å². The molecule has 4 aromatic rings. The molecule has 0 atom stereocenters. The molecule has 0 saturated heterocycles. The van der Waals surface area contributed by atoms with Crippen molar-refractivity contribution in [3.05, 3.63) is 81.2 Å². The van der Waals surface area contributed by atoms with E-state index in [0.717, 1.165) is 11.7 Å². The summed E-state index contributed by atoms with van der Waals surface area (Å²) in [7, 11) is 0. The van der Waals surface area contributed by atoms with E-state index in [4.69, 9.17) is 32.7 Å². The van der Waals surface area contributed by atoms with Crippen molar-refractivity contribution in [1.29, 1.82) is 0 Å². The van der Waals surface area contributed by atoms with Gasteiger partial charge in [-0.3, -0.25) is 30.7 Å². The van der Waals surface area contributed by atoms with Crippen LogP contribution in [0.15, 0.2) is 61.1 Å². The molecule has 13 heteroatoms. The molecule has 4 rings (SSSR count). The number of ether oxygens (including phenoxy) is 2. The highest BCUT2D eigenvalue weighted by Gasteiger charge is 2.26. The molecule has 34 heavy (non-hydrogen) atoms. The predicted molar refractivity (Wildman–Crippen MR) is 124 cm³/mol. The number of nitro groups is 1. The second-order valence-corrected chi connectivity index (χ2v) is 7.45. The smallest absolute Gasteiger partial charge is 0.374 e. The van der Waals surface area contributed by atoms with Gasteiger partial charge in [0.15, 0.2) is 12.4 Å². The number of nitrogens with one attached hydrogen (secondary N) is 2. The molecule has 0 unspecified atom stereocenters. The van der Waals surface area contributed by atoms with Gasteiger partial charge in [0.1, 0.15) is 17.6 Å². The van der Waals surface area contributed by atoms with Crippen LogP contribution in [0.4, 0.5) is 11.5 Å². The van der Waals surface area contributed by atoms with Gasteiger partial charge < -0.3 is 9.47 Å². The number of carbonyl (C=O) groups is 1. The minimum absolute atomic E-state index is 0.226. The largest absolute Gasteiger partial charge is 0.482 e. The second kappa shape index (κ2) is 10.1. The van der Waals surface area contributed by atoms with Crippen LogP contribution in [0.3, 0.4) is 0 Å². The number of hydrogen-bond acceptors (Lipinski definition) is 9. The zero-order valence-corrected chi connectivity index (χ0v) is 18.6. The van der Waals surface area contributed by atoms with Crippen LogP contribution in [0.2, 0.25) is 10.0 Å². The molecule has 0 aliphatic rings. The fraction of sp³-hybridized carbons (Fsp3) is 0.0476. The van der Waals surface area contributed by atoms with E-state index in [9.17, 15) is 14.9 Å². The lowest BCUT2D eigenvalue weighted by Crippen LogP contribution is -2.34. The first-order valence-electron chi connectivity index (χ1n) is 9.56. The van der Waals surface area contributed by atoms with Gasteiger partial charge in [-0.15, -0.1) is 0 Å². The third kappa shape index (κ3) is 5.22. The van der Waals surface area contributed by atoms with Crippen molar-refractivity contribution in [3.63, 3.8) is 0 Å². The highest BCUT2D eigenvalue weighted by molar-refractivity contribution is 6.35. The number of nitrogens with zero attached hydrogens (tertiary/aromatic N) is 4. The van der Waals surface area contributed by atoms with Crippen LogP contribution < -0.4 is 20.3 Å². The van der Waals surface area contributed by atoms with E-state index in [2.05, 4.69) is 25.8 Å². The van der Waals surface area contributed by atoms with Crippen molar-refractivity contribution in [1.82, 2.24) is 20.4 Å². The predicted octanol–water partition coefficient (Wildman–Crippen LogP) is 4.55. The summed E-state index contributed by atoms with van der Waals surface area (Å²) in [5.41, 5.74) is 4.58. The summed E-state index contributed by atoms with van der Waals surface area (Å²) >= 11 is 11.8. The Morgan fingerprint density at radius 1 is 1.06 bits per heavy atom. The van der Waals surface area contributed by atoms with E-state index >= 15 is 0 Å². The lowest BCUT2D eigenvalue weighted by atomic mass is 10.2. The third-order valence-corrected chi connectivity index (χ3v) is 4.88. The van der Waals surface area contributed by atoms with Crippen LogP contribution in [0.1, 0.15) is 0 Å². The van der Waals surface area contributed by atoms with Crippen LogP contribution in [0.25, 0.3) is 10.9 Å². The maximum Gasteiger partial charge on any atom is 0.374 e. The van der Waals surface area contributed by atoms with Gasteiger partial charge in [-0.25, -0.2) is 4.98 Å². The van der Waals surface area contributed by atoms with Gasteiger partial charge in [-0.05, 0) is 30.3 Å². The van der Waals surface area contributed by atoms with Gasteiger partial charge in [-0.1, -0.05) is 41.4 Å². The number of anilines is 1. The van der Waals surface area contributed by atoms with Crippen molar-refractivity contribution in [2.24, 2.45) is 0 Å². The number of hydrogen-bond donors (Lipinski definition) is 2. The molecule has 0 radical (unpaired) electrons. The third-order valence-electron chi connectivity index (χ3n) is 4.35. The molecule has 2 heterocycles. The average molecular weight is 501 g/mol. The van der Waals surface area contributed by atoms with E-state index in [1.807, 2.05) is 12.1 Å². The first-order valence-corrected chi connectivity index (χ1v) is 10.3. The molecule has 11 nitrogen and oxygen atoms in total. The highest BCUT2D eigenvalue weighted by atomic mass is 35.5. The van der Waals surface area contributed by atoms with E-state index < -0.39 is 23.1 Å². The van der Waals surface area contributed by atoms with E-state index in [0.29, 0.717) is 10.5 Å². The molecule has 2 N–H and O–H groups in total. The quantitative estimate of drug-likeness (QED) is 0.263. The van der Waals surface area contributed by atoms with Gasteiger partial charge in [0.25, 0.3) is 5.91 Å². The Kier molecular flexibility index (Phi) is 6.85. The number of fused-ring (bicyclic) bond motifs is 1. The van der Waals surface area contributed by atoms with E-state index in [1.165, 1.54) is 12.1 Å². The molecular weight excluding hydrogens is 487 g/mol. The zero-order valence-electron chi connectivity index (χ0n) is 17.1. The molecule has 2 aromatic carbocycles. The SMILES string of the molecule is O=C(COc1ccc(Cl)cc1Cl)NNc1ncnc(Oc2cccc3cccnc23)c1[N+](=O)[O-]. The Morgan fingerprint density at radius 2 is 1.88 bits per heavy atom. The summed E-state index contributed by atoms with van der Waals surface area (Å²) in [6.45, 7) is -0.432. The summed E-state index contributed by atoms with van der Waals surface area (Å²) in [6, 6.07) is 13.3. The van der Waals surface area contributed by atoms with Gasteiger partial charge in [0.05, 0.1) is 9.95 Å². The standard InChI is InChI=1S/C21H14Cl2N6O5/c22-13-6-7-15(14(23)9-13)33-10-17(30)27-28-20-19(29(31)32)21(26-11-25-20)34-16-5-1-3-12-4-2-8-24-18(12)16/h1-9,11H,10H2,(H,27,30)(H,25,26,28). The minimum atomic E-state index is -0.730. The Balaban J connectivity index is 1.48. The molecule has 0 spiro atoms. The molecule has 2 aromatic heterocycles. The first kappa shape index (κ1) is 23.0. The normalized spacial score (nSPS) is 10.5. The summed E-state index contributed by atoms with van der Waals surface area (Å²) < 4.78 is 11.0. The van der Waals surface area contributed by atoms with Crippen molar-refractivity contribution in [2.45, 2.75) is 0 Å². The summed E-state index contributed by atoms with van der Waals surface area (Å²) in [5, 5.41) is 13.2. The maximum absolute atomic E-state index is 12.2. The highest BCUT2D eigenvalue weighted by Crippen LogP contribution is 2.35. The van der Waals surface area contributed by atoms with E-state index in [-0.39, 0.29) is 28.2 Å². The summed E-state index contributed by atoms with van der Waals surface area (Å²) in [6.07, 6.45) is 2.63. The van der Waals surface area contributed by atoms with Crippen molar-refractivity contribution >= 4 is 51.5 Å². The Bertz CT molecular complexity index is 1380. The Labute approximate surface area is 201 Å². The van der Waals surface area contributed by atoms with Crippen molar-refractivity contribution in [3.8, 4) is 17.4 Å². The number of carbonyl (C=O) groups excluding carboxylic acids is 1. The Hall–Kier alpha value is -4.22. The van der Waals surface area contributed by atoms with Crippen LogP contribution in [0, 0.1) is 10.1 Å². The molecule has 0 aliphatic carbocycles. The van der Waals surface area contributed by atoms with Crippen LogP contribution in [-0.4, -0.2) is 32.4 Å². The fourth-order valence-electron chi connectivity index (χ4n) is 2.86. The van der Waals surface area contributed by atoms with Crippen LogP contribution in [-0.2, 0) is 4.79 Å². The molecule has 0 fully saturated rings. The molecular formula is C21H14Cl2N6O5. The van der Waals surface area contributed by atoms with Gasteiger partial charge in [0.2, 0.25) is 5.82 Å². The molecule has 0 bridgehead atoms. The van der Waals surface area contributed by atoms with Gasteiger partial charge in [0, 0.05) is 16.6 Å². The number of amides is 1. The summed E-state index contributed by atoms with van der Waals surface area (Å²) in [5.74, 6) is -0.767. The summed E-state index contributed by atoms with van der Waals surface area (Å²) in [4.78, 5) is 35.1. The molecule has 0 aliphatic heterocycles. The Morgan fingerprint density at radius 3 is 2.68 bits per heavy atom. The number of halogens is 2. The molecule has 172 valence electrons. The minimum Gasteiger partial charge on any atom is -0.482 e. The average Bonchev–Trinajstić information content (AvgIpc) is 2.82. The maximum atomic E-state index is 12.2.